The molecule has 0 nitrogen and oxygen atoms in total. The van der Waals surface area contributed by atoms with Gasteiger partial charge < -0.3 is 0 Å². The topological polar surface area (TPSA) is 0 Å². The fraction of sp³-hybridized carbons (Fsp3) is 0.0909. The van der Waals surface area contributed by atoms with Gasteiger partial charge >= 0.3 is 0 Å². The molecule has 1 aromatic rings. The van der Waals surface area contributed by atoms with E-state index < -0.39 is 0 Å². The molecule has 0 unspecified atom stereocenters. The second-order valence-electron chi connectivity index (χ2n) is 2.69. The highest BCUT2D eigenvalue weighted by molar-refractivity contribution is 6.58. The van der Waals surface area contributed by atoms with Crippen LogP contribution in [0.15, 0.2) is 54.3 Å². The first kappa shape index (κ1) is 9.01. The lowest BCUT2D eigenvalue weighted by Crippen LogP contribution is -2.10. The van der Waals surface area contributed by atoms with Crippen molar-refractivity contribution >= 4 is 14.7 Å². The molecule has 0 saturated carbocycles. The van der Waals surface area contributed by atoms with Crippen LogP contribution in [0.2, 0.25) is 0 Å². The molecular formula is C11H12Si. The maximum absolute atomic E-state index is 3.80. The van der Waals surface area contributed by atoms with E-state index in [1.54, 1.807) is 0 Å². The Hall–Kier alpha value is -1.08. The zero-order valence-corrected chi connectivity index (χ0v) is 8.25. The van der Waals surface area contributed by atoms with Gasteiger partial charge in [0.1, 0.15) is 9.52 Å². The molecule has 0 saturated heterocycles. The third kappa shape index (κ3) is 3.35. The van der Waals surface area contributed by atoms with Gasteiger partial charge in [0.15, 0.2) is 0 Å². The monoisotopic (exact) mass is 172 g/mol. The predicted molar refractivity (Wildman–Crippen MR) is 55.8 cm³/mol. The summed E-state index contributed by atoms with van der Waals surface area (Å²) in [7, 11) is 0.756. The summed E-state index contributed by atoms with van der Waals surface area (Å²) in [5, 5.41) is 1.37. The molecule has 0 atom stereocenters. The highest BCUT2D eigenvalue weighted by Crippen LogP contribution is 1.88. The van der Waals surface area contributed by atoms with Crippen LogP contribution in [-0.2, 0) is 0 Å². The van der Waals surface area contributed by atoms with Crippen LogP contribution in [0.3, 0.4) is 0 Å². The van der Waals surface area contributed by atoms with E-state index in [9.17, 15) is 0 Å². The molecule has 0 amide bonds. The Labute approximate surface area is 76.5 Å². The third-order valence-corrected chi connectivity index (χ3v) is 2.39. The van der Waals surface area contributed by atoms with E-state index in [-0.39, 0.29) is 0 Å². The van der Waals surface area contributed by atoms with Gasteiger partial charge in [0.05, 0.1) is 0 Å². The Bertz CT molecular complexity index is 272. The molecule has 0 aromatic heterocycles. The van der Waals surface area contributed by atoms with Crippen LogP contribution < -0.4 is 5.19 Å². The Kier molecular flexibility index (Phi) is 3.55. The lowest BCUT2D eigenvalue weighted by Gasteiger charge is -1.92. The van der Waals surface area contributed by atoms with Crippen molar-refractivity contribution in [2.75, 3.05) is 0 Å². The highest BCUT2D eigenvalue weighted by atomic mass is 28.2. The quantitative estimate of drug-likeness (QED) is 0.484. The second kappa shape index (κ2) is 4.73. The van der Waals surface area contributed by atoms with Crippen LogP contribution in [0.1, 0.15) is 6.92 Å². The van der Waals surface area contributed by atoms with Crippen molar-refractivity contribution in [3.05, 3.63) is 54.3 Å². The lowest BCUT2D eigenvalue weighted by atomic mass is 10.4. The molecule has 60 valence electrons. The Morgan fingerprint density at radius 2 is 2.00 bits per heavy atom. The number of benzene rings is 1. The summed E-state index contributed by atoms with van der Waals surface area (Å²) in [5.74, 6) is 0. The summed E-state index contributed by atoms with van der Waals surface area (Å²) < 4.78 is 0. The van der Waals surface area contributed by atoms with Crippen LogP contribution in [0.5, 0.6) is 0 Å². The largest absolute Gasteiger partial charge is 0.111 e. The fourth-order valence-corrected chi connectivity index (χ4v) is 1.76. The van der Waals surface area contributed by atoms with Crippen LogP contribution in [0.25, 0.3) is 0 Å². The molecule has 1 rings (SSSR count). The highest BCUT2D eigenvalue weighted by Gasteiger charge is 1.86. The van der Waals surface area contributed by atoms with E-state index in [0.29, 0.717) is 0 Å². The van der Waals surface area contributed by atoms with Gasteiger partial charge in [-0.25, -0.2) is 0 Å². The molecule has 0 aliphatic carbocycles. The van der Waals surface area contributed by atoms with Crippen molar-refractivity contribution in [1.82, 2.24) is 0 Å². The van der Waals surface area contributed by atoms with Crippen LogP contribution >= 0.6 is 0 Å². The minimum absolute atomic E-state index is 0.756. The van der Waals surface area contributed by atoms with Gasteiger partial charge in [0.2, 0.25) is 0 Å². The molecule has 0 aliphatic heterocycles. The molecule has 1 heteroatoms. The van der Waals surface area contributed by atoms with Gasteiger partial charge in [-0.2, -0.15) is 0 Å². The van der Waals surface area contributed by atoms with Crippen LogP contribution in [0, 0.1) is 0 Å². The van der Waals surface area contributed by atoms with E-state index in [0.717, 1.165) is 15.1 Å². The lowest BCUT2D eigenvalue weighted by molar-refractivity contribution is 1.57. The number of hydrogen-bond acceptors (Lipinski definition) is 0. The average Bonchev–Trinajstić information content (AvgIpc) is 2.05. The summed E-state index contributed by atoms with van der Waals surface area (Å²) >= 11 is 0. The number of allylic oxidation sites excluding steroid dienone is 2. The van der Waals surface area contributed by atoms with Crippen molar-refractivity contribution in [2.24, 2.45) is 0 Å². The van der Waals surface area contributed by atoms with Crippen LogP contribution in [-0.4, -0.2) is 9.52 Å². The van der Waals surface area contributed by atoms with Crippen molar-refractivity contribution in [3.8, 4) is 0 Å². The molecule has 0 bridgehead atoms. The van der Waals surface area contributed by atoms with E-state index in [4.69, 9.17) is 0 Å². The van der Waals surface area contributed by atoms with Crippen molar-refractivity contribution in [2.45, 2.75) is 6.92 Å². The molecule has 0 N–H and O–H groups in total. The van der Waals surface area contributed by atoms with Crippen molar-refractivity contribution < 1.29 is 0 Å². The number of hydrogen-bond donors (Lipinski definition) is 0. The Morgan fingerprint density at radius 1 is 1.33 bits per heavy atom. The summed E-state index contributed by atoms with van der Waals surface area (Å²) in [6, 6.07) is 10.5. The summed E-state index contributed by atoms with van der Waals surface area (Å²) in [6.45, 7) is 5.81. The average molecular weight is 172 g/mol. The SMILES string of the molecule is C=C(C)/C=C/[Si]c1ccccc1. The van der Waals surface area contributed by atoms with E-state index in [1.165, 1.54) is 5.19 Å². The van der Waals surface area contributed by atoms with Crippen molar-refractivity contribution in [3.63, 3.8) is 0 Å². The Balaban J connectivity index is 2.49. The fourth-order valence-electron chi connectivity index (χ4n) is 0.815. The second-order valence-corrected chi connectivity index (χ2v) is 3.89. The molecule has 12 heavy (non-hydrogen) atoms. The van der Waals surface area contributed by atoms with Gasteiger partial charge in [0, 0.05) is 0 Å². The standard InChI is InChI=1S/C11H12Si/c1-10(2)8-9-12-11-6-4-3-5-7-11/h3-9H,1H2,2H3/b9-8+. The molecule has 1 aromatic carbocycles. The van der Waals surface area contributed by atoms with Crippen molar-refractivity contribution in [1.29, 1.82) is 0 Å². The zero-order valence-electron chi connectivity index (χ0n) is 7.25. The van der Waals surface area contributed by atoms with E-state index in [2.05, 4.69) is 42.6 Å². The van der Waals surface area contributed by atoms with E-state index in [1.807, 2.05) is 13.0 Å². The maximum atomic E-state index is 3.80. The van der Waals surface area contributed by atoms with E-state index >= 15 is 0 Å². The first-order valence-electron chi connectivity index (χ1n) is 3.92. The Morgan fingerprint density at radius 3 is 2.58 bits per heavy atom. The van der Waals surface area contributed by atoms with Gasteiger partial charge in [-0.3, -0.25) is 0 Å². The third-order valence-electron chi connectivity index (χ3n) is 1.39. The molecule has 0 heterocycles. The van der Waals surface area contributed by atoms with Gasteiger partial charge in [-0.15, -0.1) is 0 Å². The van der Waals surface area contributed by atoms with Gasteiger partial charge in [-0.05, 0) is 6.92 Å². The van der Waals surface area contributed by atoms with Gasteiger partial charge in [0.25, 0.3) is 0 Å². The smallest absolute Gasteiger partial charge is 0.0961 e. The van der Waals surface area contributed by atoms with Gasteiger partial charge in [-0.1, -0.05) is 59.4 Å². The molecule has 0 aliphatic rings. The zero-order chi connectivity index (χ0) is 8.81. The molecular weight excluding hydrogens is 160 g/mol. The normalized spacial score (nSPS) is 10.4. The first-order chi connectivity index (χ1) is 5.79. The number of rotatable bonds is 3. The summed E-state index contributed by atoms with van der Waals surface area (Å²) in [4.78, 5) is 0. The molecule has 0 fully saturated rings. The maximum Gasteiger partial charge on any atom is 0.111 e. The molecule has 2 radical (unpaired) electrons. The summed E-state index contributed by atoms with van der Waals surface area (Å²) in [6.07, 6.45) is 2.06. The predicted octanol–water partition coefficient (Wildman–Crippen LogP) is 2.11. The minimum Gasteiger partial charge on any atom is -0.0961 e. The first-order valence-corrected chi connectivity index (χ1v) is 5.00. The summed E-state index contributed by atoms with van der Waals surface area (Å²) in [5.41, 5.74) is 3.27. The minimum atomic E-state index is 0.756. The van der Waals surface area contributed by atoms with Crippen LogP contribution in [0.4, 0.5) is 0 Å². The molecule has 0 spiro atoms.